The highest BCUT2D eigenvalue weighted by atomic mass is 19.4. The van der Waals surface area contributed by atoms with Crippen molar-refractivity contribution < 1.29 is 41.2 Å². The van der Waals surface area contributed by atoms with Crippen molar-refractivity contribution >= 4 is 23.2 Å². The van der Waals surface area contributed by atoms with Gasteiger partial charge < -0.3 is 20.3 Å². The topological polar surface area (TPSA) is 104 Å². The van der Waals surface area contributed by atoms with E-state index in [1.54, 1.807) is 44.2 Å². The summed E-state index contributed by atoms with van der Waals surface area (Å²) in [6.07, 6.45) is -3.16. The molecule has 2 saturated carbocycles. The van der Waals surface area contributed by atoms with Gasteiger partial charge in [-0.25, -0.2) is 4.79 Å². The number of ketones is 1. The number of alkyl halides is 5. The molecule has 0 saturated heterocycles. The van der Waals surface area contributed by atoms with E-state index in [0.717, 1.165) is 16.7 Å². The normalized spacial score (nSPS) is 30.3. The van der Waals surface area contributed by atoms with Gasteiger partial charge in [0.2, 0.25) is 0 Å². The molecule has 2 unspecified atom stereocenters. The third kappa shape index (κ3) is 4.50. The van der Waals surface area contributed by atoms with E-state index >= 15 is 8.78 Å². The molecular formula is C32H34F5N3O4. The van der Waals surface area contributed by atoms with E-state index in [1.165, 1.54) is 6.92 Å². The Hall–Kier alpha value is -3.54. The second-order valence-corrected chi connectivity index (χ2v) is 12.9. The predicted octanol–water partition coefficient (Wildman–Crippen LogP) is 7.76. The van der Waals surface area contributed by atoms with Crippen LogP contribution in [0.15, 0.2) is 51.6 Å². The number of amides is 2. The Morgan fingerprint density at radius 1 is 1.05 bits per heavy atom. The second-order valence-electron chi connectivity index (χ2n) is 12.9. The summed E-state index contributed by atoms with van der Waals surface area (Å²) in [6, 6.07) is 6.21. The summed E-state index contributed by atoms with van der Waals surface area (Å²) in [5.74, 6) is -6.28. The van der Waals surface area contributed by atoms with E-state index in [0.29, 0.717) is 54.1 Å². The maximum absolute atomic E-state index is 15.2. The number of urea groups is 1. The molecule has 1 aromatic carbocycles. The highest BCUT2D eigenvalue weighted by molar-refractivity contribution is 6.00. The number of aryl methyl sites for hydroxylation is 2. The maximum Gasteiger partial charge on any atom is 0.456 e. The van der Waals surface area contributed by atoms with Crippen LogP contribution in [0.4, 0.5) is 38.1 Å². The number of carbonyl (C=O) groups excluding carboxylic acids is 2. The second kappa shape index (κ2) is 10.3. The van der Waals surface area contributed by atoms with Gasteiger partial charge in [-0.3, -0.25) is 4.79 Å². The lowest BCUT2D eigenvalue weighted by molar-refractivity contribution is -0.362. The van der Waals surface area contributed by atoms with E-state index in [2.05, 4.69) is 15.8 Å². The van der Waals surface area contributed by atoms with Gasteiger partial charge in [0.15, 0.2) is 11.5 Å². The third-order valence-electron chi connectivity index (χ3n) is 10.6. The van der Waals surface area contributed by atoms with Crippen molar-refractivity contribution in [1.29, 1.82) is 0 Å². The van der Waals surface area contributed by atoms with Crippen LogP contribution in [0.1, 0.15) is 74.8 Å². The number of hydrogen-bond donors (Lipinski definition) is 3. The fourth-order valence-electron chi connectivity index (χ4n) is 8.45. The number of aliphatic hydroxyl groups is 1. The van der Waals surface area contributed by atoms with Crippen LogP contribution in [-0.2, 0) is 4.79 Å². The summed E-state index contributed by atoms with van der Waals surface area (Å²) in [5.41, 5.74) is -0.0667. The first-order valence-corrected chi connectivity index (χ1v) is 14.8. The van der Waals surface area contributed by atoms with Gasteiger partial charge in [0, 0.05) is 23.4 Å². The molecular weight excluding hydrogens is 585 g/mol. The van der Waals surface area contributed by atoms with Crippen LogP contribution in [0.5, 0.6) is 0 Å². The molecule has 2 amide bonds. The van der Waals surface area contributed by atoms with Crippen molar-refractivity contribution in [1.82, 2.24) is 5.16 Å². The van der Waals surface area contributed by atoms with E-state index in [9.17, 15) is 27.9 Å². The molecule has 0 spiro atoms. The van der Waals surface area contributed by atoms with Crippen molar-refractivity contribution in [3.8, 4) is 0 Å². The van der Waals surface area contributed by atoms with Crippen molar-refractivity contribution in [3.05, 3.63) is 64.1 Å². The Balaban J connectivity index is 1.37. The van der Waals surface area contributed by atoms with Crippen LogP contribution in [0.2, 0.25) is 0 Å². The molecule has 0 bridgehead atoms. The van der Waals surface area contributed by atoms with Gasteiger partial charge in [0.1, 0.15) is 17.0 Å². The molecule has 2 fully saturated rings. The first-order chi connectivity index (χ1) is 20.6. The standard InChI is InChI=1S/C32H34F5N3O4/c1-16-27(17(2)44-40-16)39-28(42)38-20-7-4-18(5-8-20)24-15-29(3)25(12-13-30(29,43)31(33,34)32(35,36)37)23-10-6-19-14-21(41)9-11-22(19)26(23)24/h4-5,7-8,14,23-25,43H,6,9-13,15H2,1-3H3,(H2,38,39,42)/t23?,24-,25?,29+,30+/m1/s1. The number of rotatable bonds is 4. The van der Waals surface area contributed by atoms with Crippen LogP contribution in [-0.4, -0.2) is 39.8 Å². The fourth-order valence-corrected chi connectivity index (χ4v) is 8.45. The molecule has 0 radical (unpaired) electrons. The number of hydrogen-bond acceptors (Lipinski definition) is 5. The van der Waals surface area contributed by atoms with E-state index in [1.807, 2.05) is 0 Å². The smallest absolute Gasteiger partial charge is 0.383 e. The monoisotopic (exact) mass is 619 g/mol. The first kappa shape index (κ1) is 30.5. The summed E-state index contributed by atoms with van der Waals surface area (Å²) in [5, 5.41) is 20.6. The predicted molar refractivity (Wildman–Crippen MR) is 151 cm³/mol. The lowest BCUT2D eigenvalue weighted by Crippen LogP contribution is -2.65. The Morgan fingerprint density at radius 2 is 1.75 bits per heavy atom. The van der Waals surface area contributed by atoms with Crippen LogP contribution in [0.25, 0.3) is 0 Å². The maximum atomic E-state index is 15.2. The van der Waals surface area contributed by atoms with Crippen molar-refractivity contribution in [2.45, 2.75) is 89.3 Å². The molecule has 3 N–H and O–H groups in total. The Morgan fingerprint density at radius 3 is 2.39 bits per heavy atom. The molecule has 6 rings (SSSR count). The first-order valence-electron chi connectivity index (χ1n) is 14.8. The van der Waals surface area contributed by atoms with Crippen molar-refractivity contribution in [2.24, 2.45) is 17.3 Å². The molecule has 236 valence electrons. The summed E-state index contributed by atoms with van der Waals surface area (Å²) in [4.78, 5) is 24.9. The number of benzene rings is 1. The number of carbonyl (C=O) groups is 2. The quantitative estimate of drug-likeness (QED) is 0.304. The van der Waals surface area contributed by atoms with Gasteiger partial charge in [0.05, 0.1) is 0 Å². The molecule has 1 heterocycles. The molecule has 2 aromatic rings. The summed E-state index contributed by atoms with van der Waals surface area (Å²) in [7, 11) is 0. The SMILES string of the molecule is Cc1noc(C)c1NC(=O)Nc1ccc([C@H]2C[C@@]3(C)C(CC[C@@]3(O)C(F)(F)C(F)(F)F)C3CCC4=CC(=O)CCC4=C32)cc1. The average molecular weight is 620 g/mol. The molecule has 0 aliphatic heterocycles. The highest BCUT2D eigenvalue weighted by Crippen LogP contribution is 2.70. The number of allylic oxidation sites excluding steroid dienone is 4. The van der Waals surface area contributed by atoms with E-state index in [4.69, 9.17) is 4.52 Å². The molecule has 4 aliphatic carbocycles. The minimum Gasteiger partial charge on any atom is -0.383 e. The largest absolute Gasteiger partial charge is 0.456 e. The Bertz CT molecular complexity index is 1560. The van der Waals surface area contributed by atoms with Crippen LogP contribution in [0, 0.1) is 31.1 Å². The summed E-state index contributed by atoms with van der Waals surface area (Å²) < 4.78 is 76.7. The zero-order valence-electron chi connectivity index (χ0n) is 24.6. The van der Waals surface area contributed by atoms with Crippen LogP contribution >= 0.6 is 0 Å². The zero-order valence-corrected chi connectivity index (χ0v) is 24.6. The molecule has 4 aliphatic rings. The van der Waals surface area contributed by atoms with Crippen molar-refractivity contribution in [2.75, 3.05) is 10.6 Å². The number of halogens is 5. The third-order valence-corrected chi connectivity index (χ3v) is 10.6. The lowest BCUT2D eigenvalue weighted by Gasteiger charge is -2.56. The summed E-state index contributed by atoms with van der Waals surface area (Å²) >= 11 is 0. The minimum absolute atomic E-state index is 0.0188. The van der Waals surface area contributed by atoms with Gasteiger partial charge in [-0.15, -0.1) is 0 Å². The number of nitrogens with one attached hydrogen (secondary N) is 2. The van der Waals surface area contributed by atoms with Crippen molar-refractivity contribution in [3.63, 3.8) is 0 Å². The number of fused-ring (bicyclic) bond motifs is 4. The Kier molecular flexibility index (Phi) is 7.10. The van der Waals surface area contributed by atoms with Gasteiger partial charge in [-0.05, 0) is 99.1 Å². The number of anilines is 2. The van der Waals surface area contributed by atoms with E-state index in [-0.39, 0.29) is 24.5 Å². The van der Waals surface area contributed by atoms with Gasteiger partial charge in [-0.2, -0.15) is 22.0 Å². The van der Waals surface area contributed by atoms with Crippen LogP contribution < -0.4 is 10.6 Å². The summed E-state index contributed by atoms with van der Waals surface area (Å²) in [6.45, 7) is 4.74. The van der Waals surface area contributed by atoms with Gasteiger partial charge >= 0.3 is 18.1 Å². The minimum atomic E-state index is -5.91. The number of nitrogens with zero attached hydrogens (tertiary/aromatic N) is 1. The molecule has 5 atom stereocenters. The number of aromatic nitrogens is 1. The molecule has 12 heteroatoms. The fraction of sp³-hybridized carbons (Fsp3) is 0.531. The van der Waals surface area contributed by atoms with Crippen LogP contribution in [0.3, 0.4) is 0 Å². The highest BCUT2D eigenvalue weighted by Gasteiger charge is 2.79. The average Bonchev–Trinajstić information content (AvgIpc) is 3.42. The Labute approximate surface area is 250 Å². The lowest BCUT2D eigenvalue weighted by atomic mass is 9.50. The molecule has 44 heavy (non-hydrogen) atoms. The molecule has 1 aromatic heterocycles. The molecule has 7 nitrogen and oxygen atoms in total. The van der Waals surface area contributed by atoms with Gasteiger partial charge in [-0.1, -0.05) is 29.8 Å². The van der Waals surface area contributed by atoms with E-state index < -0.39 is 47.4 Å². The van der Waals surface area contributed by atoms with Gasteiger partial charge in [0.25, 0.3) is 0 Å². The zero-order chi connectivity index (χ0) is 31.8.